The lowest BCUT2D eigenvalue weighted by molar-refractivity contribution is 0.0666. The number of nitrogens with zero attached hydrogens (tertiary/aromatic N) is 6. The summed E-state index contributed by atoms with van der Waals surface area (Å²) in [5.41, 5.74) is 3.02. The van der Waals surface area contributed by atoms with Crippen LogP contribution in [0.2, 0.25) is 0 Å². The number of hydrogen-bond acceptors (Lipinski definition) is 6. The van der Waals surface area contributed by atoms with Crippen molar-refractivity contribution in [3.05, 3.63) is 35.2 Å². The first-order valence-electron chi connectivity index (χ1n) is 7.63. The van der Waals surface area contributed by atoms with Crippen LogP contribution in [0.3, 0.4) is 0 Å². The van der Waals surface area contributed by atoms with Crippen LogP contribution in [0.15, 0.2) is 12.4 Å². The van der Waals surface area contributed by atoms with Gasteiger partial charge in [-0.2, -0.15) is 0 Å². The number of ether oxygens (including phenoxy) is 1. The third kappa shape index (κ3) is 2.94. The van der Waals surface area contributed by atoms with Gasteiger partial charge in [-0.1, -0.05) is 5.21 Å². The highest BCUT2D eigenvalue weighted by atomic mass is 16.5. The molecule has 0 bridgehead atoms. The summed E-state index contributed by atoms with van der Waals surface area (Å²) in [6.07, 6.45) is 3.12. The van der Waals surface area contributed by atoms with Crippen LogP contribution in [-0.4, -0.2) is 56.0 Å². The van der Waals surface area contributed by atoms with E-state index in [9.17, 15) is 4.79 Å². The van der Waals surface area contributed by atoms with E-state index in [0.29, 0.717) is 25.4 Å². The Kier molecular flexibility index (Phi) is 4.33. The number of amides is 1. The molecule has 0 aliphatic carbocycles. The van der Waals surface area contributed by atoms with Gasteiger partial charge < -0.3 is 9.64 Å². The molecule has 8 heteroatoms. The second-order valence-corrected chi connectivity index (χ2v) is 5.62. The summed E-state index contributed by atoms with van der Waals surface area (Å²) >= 11 is 0. The van der Waals surface area contributed by atoms with Gasteiger partial charge in [-0.05, 0) is 13.8 Å². The molecule has 0 saturated carbocycles. The van der Waals surface area contributed by atoms with E-state index < -0.39 is 0 Å². The number of methoxy groups -OCH3 is 1. The van der Waals surface area contributed by atoms with Crippen molar-refractivity contribution in [3.63, 3.8) is 0 Å². The lowest BCUT2D eigenvalue weighted by atomic mass is 9.98. The van der Waals surface area contributed by atoms with Crippen LogP contribution >= 0.6 is 0 Å². The van der Waals surface area contributed by atoms with Gasteiger partial charge in [0, 0.05) is 32.3 Å². The normalized spacial score (nSPS) is 17.2. The molecule has 8 nitrogen and oxygen atoms in total. The number of carbonyl (C=O) groups excluding carboxylic acids is 1. The zero-order valence-electron chi connectivity index (χ0n) is 13.6. The highest BCUT2D eigenvalue weighted by Gasteiger charge is 2.33. The largest absolute Gasteiger partial charge is 0.384 e. The molecule has 0 saturated heterocycles. The number of aryl methyl sites for hydroxylation is 2. The zero-order valence-corrected chi connectivity index (χ0v) is 13.6. The van der Waals surface area contributed by atoms with Gasteiger partial charge in [-0.3, -0.25) is 9.78 Å². The highest BCUT2D eigenvalue weighted by Crippen LogP contribution is 2.28. The Morgan fingerprint density at radius 2 is 2.22 bits per heavy atom. The maximum Gasteiger partial charge on any atom is 0.274 e. The minimum absolute atomic E-state index is 0.0565. The standard InChI is InChI=1S/C15H20N6O2/c1-4-21-14-11(9-23-3)7-20(8-13(14)18-19-21)15(22)12-6-16-10(2)5-17-12/h5-6,11H,4,7-9H2,1-3H3. The van der Waals surface area contributed by atoms with Crippen molar-refractivity contribution in [2.45, 2.75) is 32.9 Å². The highest BCUT2D eigenvalue weighted by molar-refractivity contribution is 5.92. The Morgan fingerprint density at radius 3 is 2.87 bits per heavy atom. The monoisotopic (exact) mass is 316 g/mol. The van der Waals surface area contributed by atoms with Crippen LogP contribution < -0.4 is 0 Å². The molecule has 122 valence electrons. The fourth-order valence-corrected chi connectivity index (χ4v) is 2.90. The van der Waals surface area contributed by atoms with E-state index in [1.807, 2.05) is 18.5 Å². The molecule has 0 aromatic carbocycles. The number of carbonyl (C=O) groups is 1. The summed E-state index contributed by atoms with van der Waals surface area (Å²) in [7, 11) is 1.66. The predicted molar refractivity (Wildman–Crippen MR) is 81.8 cm³/mol. The molecular formula is C15H20N6O2. The van der Waals surface area contributed by atoms with Crippen LogP contribution in [0.1, 0.15) is 40.4 Å². The minimum atomic E-state index is -0.143. The quantitative estimate of drug-likeness (QED) is 0.828. The van der Waals surface area contributed by atoms with Gasteiger partial charge in [-0.25, -0.2) is 9.67 Å². The first-order chi connectivity index (χ1) is 11.1. The number of aromatic nitrogens is 5. The van der Waals surface area contributed by atoms with E-state index in [2.05, 4.69) is 20.3 Å². The van der Waals surface area contributed by atoms with Gasteiger partial charge in [0.05, 0.1) is 30.7 Å². The molecule has 3 heterocycles. The molecule has 2 aromatic heterocycles. The van der Waals surface area contributed by atoms with Gasteiger partial charge in [0.25, 0.3) is 5.91 Å². The van der Waals surface area contributed by atoms with E-state index in [4.69, 9.17) is 4.74 Å². The average molecular weight is 316 g/mol. The van der Waals surface area contributed by atoms with E-state index in [1.54, 1.807) is 18.2 Å². The van der Waals surface area contributed by atoms with Crippen molar-refractivity contribution in [3.8, 4) is 0 Å². The van der Waals surface area contributed by atoms with Crippen molar-refractivity contribution in [1.82, 2.24) is 29.9 Å². The molecule has 1 unspecified atom stereocenters. The van der Waals surface area contributed by atoms with Crippen molar-refractivity contribution in [2.24, 2.45) is 0 Å². The molecule has 3 rings (SSSR count). The molecule has 2 aromatic rings. The molecule has 1 amide bonds. The molecule has 0 N–H and O–H groups in total. The van der Waals surface area contributed by atoms with Crippen LogP contribution in [0.25, 0.3) is 0 Å². The molecule has 0 spiro atoms. The summed E-state index contributed by atoms with van der Waals surface area (Å²) in [6, 6.07) is 0. The van der Waals surface area contributed by atoms with Crippen molar-refractivity contribution in [2.75, 3.05) is 20.3 Å². The fraction of sp³-hybridized carbons (Fsp3) is 0.533. The van der Waals surface area contributed by atoms with Gasteiger partial charge in [0.2, 0.25) is 0 Å². The number of rotatable bonds is 4. The Bertz CT molecular complexity index is 696. The number of fused-ring (bicyclic) bond motifs is 1. The topological polar surface area (TPSA) is 86.0 Å². The lowest BCUT2D eigenvalue weighted by Gasteiger charge is -2.31. The third-order valence-corrected chi connectivity index (χ3v) is 3.97. The van der Waals surface area contributed by atoms with Crippen LogP contribution in [-0.2, 0) is 17.8 Å². The second-order valence-electron chi connectivity index (χ2n) is 5.62. The molecular weight excluding hydrogens is 296 g/mol. The van der Waals surface area contributed by atoms with Crippen LogP contribution in [0.5, 0.6) is 0 Å². The summed E-state index contributed by atoms with van der Waals surface area (Å²) in [6.45, 7) is 6.13. The summed E-state index contributed by atoms with van der Waals surface area (Å²) in [4.78, 5) is 22.7. The first kappa shape index (κ1) is 15.5. The second kappa shape index (κ2) is 6.41. The molecule has 1 atom stereocenters. The van der Waals surface area contributed by atoms with Gasteiger partial charge in [0.1, 0.15) is 11.4 Å². The smallest absolute Gasteiger partial charge is 0.274 e. The fourth-order valence-electron chi connectivity index (χ4n) is 2.90. The predicted octanol–water partition coefficient (Wildman–Crippen LogP) is 0.782. The summed E-state index contributed by atoms with van der Waals surface area (Å²) in [5.74, 6) is -0.0867. The maximum atomic E-state index is 12.7. The van der Waals surface area contributed by atoms with Gasteiger partial charge in [0.15, 0.2) is 0 Å². The van der Waals surface area contributed by atoms with Gasteiger partial charge in [-0.15, -0.1) is 5.10 Å². The summed E-state index contributed by atoms with van der Waals surface area (Å²) in [5, 5.41) is 8.40. The molecule has 1 aliphatic heterocycles. The Hall–Kier alpha value is -2.35. The Labute approximate surface area is 134 Å². The van der Waals surface area contributed by atoms with Crippen LogP contribution in [0.4, 0.5) is 0 Å². The average Bonchev–Trinajstić information content (AvgIpc) is 2.98. The molecule has 23 heavy (non-hydrogen) atoms. The lowest BCUT2D eigenvalue weighted by Crippen LogP contribution is -2.40. The summed E-state index contributed by atoms with van der Waals surface area (Å²) < 4.78 is 7.20. The van der Waals surface area contributed by atoms with E-state index in [-0.39, 0.29) is 11.8 Å². The zero-order chi connectivity index (χ0) is 16.4. The molecule has 0 radical (unpaired) electrons. The van der Waals surface area contributed by atoms with Crippen molar-refractivity contribution in [1.29, 1.82) is 0 Å². The van der Waals surface area contributed by atoms with Crippen molar-refractivity contribution >= 4 is 5.91 Å². The van der Waals surface area contributed by atoms with Crippen LogP contribution in [0, 0.1) is 6.92 Å². The maximum absolute atomic E-state index is 12.7. The van der Waals surface area contributed by atoms with Gasteiger partial charge >= 0.3 is 0 Å². The van der Waals surface area contributed by atoms with E-state index in [0.717, 1.165) is 23.6 Å². The Morgan fingerprint density at radius 1 is 1.39 bits per heavy atom. The van der Waals surface area contributed by atoms with Crippen molar-refractivity contribution < 1.29 is 9.53 Å². The third-order valence-electron chi connectivity index (χ3n) is 3.97. The Balaban J connectivity index is 1.88. The van der Waals surface area contributed by atoms with E-state index in [1.165, 1.54) is 6.20 Å². The SMILES string of the molecule is CCn1nnc2c1C(COC)CN(C(=O)c1cnc(C)cn1)C2. The molecule has 1 aliphatic rings. The number of hydrogen-bond donors (Lipinski definition) is 0. The van der Waals surface area contributed by atoms with E-state index >= 15 is 0 Å². The first-order valence-corrected chi connectivity index (χ1v) is 7.63. The minimum Gasteiger partial charge on any atom is -0.384 e. The molecule has 0 fully saturated rings.